The van der Waals surface area contributed by atoms with E-state index >= 15 is 0 Å². The number of hydrogen-bond donors (Lipinski definition) is 1. The highest BCUT2D eigenvalue weighted by molar-refractivity contribution is 7.89. The van der Waals surface area contributed by atoms with Gasteiger partial charge in [0.1, 0.15) is 0 Å². The van der Waals surface area contributed by atoms with Crippen LogP contribution in [0.2, 0.25) is 0 Å². The van der Waals surface area contributed by atoms with Gasteiger partial charge in [0.2, 0.25) is 10.0 Å². The summed E-state index contributed by atoms with van der Waals surface area (Å²) in [4.78, 5) is 4.37. The fourth-order valence-corrected chi connectivity index (χ4v) is 2.80. The van der Waals surface area contributed by atoms with Gasteiger partial charge in [-0.2, -0.15) is 0 Å². The molecule has 1 aromatic carbocycles. The Balaban J connectivity index is 2.14. The average molecular weight is 305 g/mol. The smallest absolute Gasteiger partial charge is 0.242 e. The Morgan fingerprint density at radius 3 is 2.33 bits per heavy atom. The predicted octanol–water partition coefficient (Wildman–Crippen LogP) is 2.51. The zero-order valence-corrected chi connectivity index (χ0v) is 13.1. The molecular formula is C15H19N3O2S. The van der Waals surface area contributed by atoms with Crippen molar-refractivity contribution in [2.75, 3.05) is 19.4 Å². The van der Waals surface area contributed by atoms with Gasteiger partial charge in [0, 0.05) is 32.2 Å². The Morgan fingerprint density at radius 1 is 1.14 bits per heavy atom. The van der Waals surface area contributed by atoms with Crippen molar-refractivity contribution < 1.29 is 8.42 Å². The van der Waals surface area contributed by atoms with Crippen LogP contribution in [0.1, 0.15) is 18.5 Å². The maximum Gasteiger partial charge on any atom is 0.242 e. The lowest BCUT2D eigenvalue weighted by molar-refractivity contribution is 0.521. The molecule has 2 rings (SSSR count). The number of anilines is 1. The summed E-state index contributed by atoms with van der Waals surface area (Å²) in [6.45, 7) is 2.03. The molecular weight excluding hydrogens is 286 g/mol. The first-order valence-corrected chi connectivity index (χ1v) is 8.04. The fraction of sp³-hybridized carbons (Fsp3) is 0.267. The van der Waals surface area contributed by atoms with Crippen LogP contribution in [-0.2, 0) is 10.0 Å². The Bertz CT molecular complexity index is 683. The van der Waals surface area contributed by atoms with Gasteiger partial charge in [0.25, 0.3) is 0 Å². The topological polar surface area (TPSA) is 62.3 Å². The molecule has 0 fully saturated rings. The second kappa shape index (κ2) is 6.24. The maximum absolute atomic E-state index is 12.0. The molecule has 1 heterocycles. The van der Waals surface area contributed by atoms with Crippen molar-refractivity contribution in [2.24, 2.45) is 0 Å². The van der Waals surface area contributed by atoms with Gasteiger partial charge < -0.3 is 5.32 Å². The van der Waals surface area contributed by atoms with Crippen LogP contribution in [0.15, 0.2) is 53.7 Å². The minimum Gasteiger partial charge on any atom is -0.378 e. The molecule has 1 aromatic heterocycles. The molecule has 1 atom stereocenters. The highest BCUT2D eigenvalue weighted by Crippen LogP contribution is 2.21. The van der Waals surface area contributed by atoms with Gasteiger partial charge in [-0.1, -0.05) is 6.07 Å². The molecule has 0 amide bonds. The van der Waals surface area contributed by atoms with Gasteiger partial charge in [-0.15, -0.1) is 0 Å². The quantitative estimate of drug-likeness (QED) is 0.922. The van der Waals surface area contributed by atoms with Crippen molar-refractivity contribution >= 4 is 15.7 Å². The largest absolute Gasteiger partial charge is 0.378 e. The molecule has 1 N–H and O–H groups in total. The zero-order chi connectivity index (χ0) is 15.5. The minimum atomic E-state index is -3.38. The van der Waals surface area contributed by atoms with E-state index in [0.29, 0.717) is 0 Å². The van der Waals surface area contributed by atoms with Crippen LogP contribution in [0.3, 0.4) is 0 Å². The summed E-state index contributed by atoms with van der Waals surface area (Å²) in [7, 11) is -0.339. The second-order valence-electron chi connectivity index (χ2n) is 4.96. The van der Waals surface area contributed by atoms with Crippen LogP contribution in [-0.4, -0.2) is 31.8 Å². The monoisotopic (exact) mass is 305 g/mol. The van der Waals surface area contributed by atoms with Crippen LogP contribution in [0, 0.1) is 0 Å². The molecule has 0 radical (unpaired) electrons. The summed E-state index contributed by atoms with van der Waals surface area (Å²) < 4.78 is 25.2. The highest BCUT2D eigenvalue weighted by atomic mass is 32.2. The zero-order valence-electron chi connectivity index (χ0n) is 12.3. The Kier molecular flexibility index (Phi) is 4.59. The third-order valence-corrected chi connectivity index (χ3v) is 5.03. The summed E-state index contributed by atoms with van der Waals surface area (Å²) in [5, 5.41) is 3.32. The van der Waals surface area contributed by atoms with Gasteiger partial charge in [-0.25, -0.2) is 12.7 Å². The standard InChI is InChI=1S/C15H19N3O2S/c1-12(13-5-4-10-16-11-13)17-14-6-8-15(9-7-14)21(19,20)18(2)3/h4-12,17H,1-3H3. The van der Waals surface area contributed by atoms with Crippen molar-refractivity contribution in [3.05, 3.63) is 54.4 Å². The maximum atomic E-state index is 12.0. The fourth-order valence-electron chi connectivity index (χ4n) is 1.90. The van der Waals surface area contributed by atoms with E-state index in [-0.39, 0.29) is 10.9 Å². The first-order valence-electron chi connectivity index (χ1n) is 6.60. The van der Waals surface area contributed by atoms with Gasteiger partial charge in [-0.3, -0.25) is 4.98 Å². The van der Waals surface area contributed by atoms with Crippen LogP contribution < -0.4 is 5.32 Å². The van der Waals surface area contributed by atoms with Gasteiger partial charge >= 0.3 is 0 Å². The molecule has 112 valence electrons. The van der Waals surface area contributed by atoms with E-state index in [1.807, 2.05) is 25.3 Å². The number of nitrogens with zero attached hydrogens (tertiary/aromatic N) is 2. The average Bonchev–Trinajstić information content (AvgIpc) is 2.48. The summed E-state index contributed by atoms with van der Waals surface area (Å²) in [5.41, 5.74) is 1.94. The molecule has 1 unspecified atom stereocenters. The van der Waals surface area contributed by atoms with Gasteiger partial charge in [0.15, 0.2) is 0 Å². The van der Waals surface area contributed by atoms with E-state index in [2.05, 4.69) is 10.3 Å². The number of rotatable bonds is 5. The highest BCUT2D eigenvalue weighted by Gasteiger charge is 2.16. The van der Waals surface area contributed by atoms with Crippen molar-refractivity contribution in [2.45, 2.75) is 17.9 Å². The SMILES string of the molecule is CC(Nc1ccc(S(=O)(=O)N(C)C)cc1)c1cccnc1. The lowest BCUT2D eigenvalue weighted by atomic mass is 10.1. The molecule has 0 aliphatic rings. The molecule has 21 heavy (non-hydrogen) atoms. The van der Waals surface area contributed by atoms with Crippen LogP contribution in [0.25, 0.3) is 0 Å². The Morgan fingerprint density at radius 2 is 1.81 bits per heavy atom. The van der Waals surface area contributed by atoms with Gasteiger partial charge in [0.05, 0.1) is 10.9 Å². The minimum absolute atomic E-state index is 0.0926. The number of pyridine rings is 1. The second-order valence-corrected chi connectivity index (χ2v) is 7.12. The van der Waals surface area contributed by atoms with Gasteiger partial charge in [-0.05, 0) is 42.8 Å². The molecule has 6 heteroatoms. The number of sulfonamides is 1. The molecule has 0 saturated heterocycles. The van der Waals surface area contributed by atoms with E-state index in [1.165, 1.54) is 18.4 Å². The molecule has 0 saturated carbocycles. The van der Waals surface area contributed by atoms with Crippen LogP contribution in [0.5, 0.6) is 0 Å². The molecule has 0 bridgehead atoms. The summed E-state index contributed by atoms with van der Waals surface area (Å²) in [6.07, 6.45) is 3.54. The molecule has 0 aliphatic heterocycles. The first-order chi connectivity index (χ1) is 9.91. The van der Waals surface area contributed by atoms with Crippen LogP contribution >= 0.6 is 0 Å². The third-order valence-electron chi connectivity index (χ3n) is 3.20. The van der Waals surface area contributed by atoms with Crippen LogP contribution in [0.4, 0.5) is 5.69 Å². The summed E-state index contributed by atoms with van der Waals surface area (Å²) >= 11 is 0. The number of hydrogen-bond acceptors (Lipinski definition) is 4. The van der Waals surface area contributed by atoms with Crippen molar-refractivity contribution in [3.63, 3.8) is 0 Å². The number of aromatic nitrogens is 1. The lowest BCUT2D eigenvalue weighted by Crippen LogP contribution is -2.22. The first kappa shape index (κ1) is 15.5. The Labute approximate surface area is 125 Å². The molecule has 0 spiro atoms. The normalized spacial score (nSPS) is 13.1. The Hall–Kier alpha value is -1.92. The van der Waals surface area contributed by atoms with E-state index < -0.39 is 10.0 Å². The number of benzene rings is 1. The van der Waals surface area contributed by atoms with E-state index in [4.69, 9.17) is 0 Å². The molecule has 0 aliphatic carbocycles. The summed E-state index contributed by atoms with van der Waals surface area (Å²) in [5.74, 6) is 0. The summed E-state index contributed by atoms with van der Waals surface area (Å²) in [6, 6.07) is 10.7. The van der Waals surface area contributed by atoms with Crippen molar-refractivity contribution in [1.82, 2.24) is 9.29 Å². The van der Waals surface area contributed by atoms with E-state index in [9.17, 15) is 8.42 Å². The molecule has 5 nitrogen and oxygen atoms in total. The van der Waals surface area contributed by atoms with E-state index in [1.54, 1.807) is 30.5 Å². The van der Waals surface area contributed by atoms with E-state index in [0.717, 1.165) is 11.3 Å². The molecule has 2 aromatic rings. The predicted molar refractivity (Wildman–Crippen MR) is 83.6 cm³/mol. The van der Waals surface area contributed by atoms with Crippen molar-refractivity contribution in [1.29, 1.82) is 0 Å². The van der Waals surface area contributed by atoms with Crippen molar-refractivity contribution in [3.8, 4) is 0 Å². The lowest BCUT2D eigenvalue weighted by Gasteiger charge is -2.16. The number of nitrogens with one attached hydrogen (secondary N) is 1. The third kappa shape index (κ3) is 3.59.